The molecule has 0 fully saturated rings. The summed E-state index contributed by atoms with van der Waals surface area (Å²) in [6.07, 6.45) is 2.98. The van der Waals surface area contributed by atoms with Crippen molar-refractivity contribution in [2.45, 2.75) is 38.6 Å². The third-order valence-electron chi connectivity index (χ3n) is 4.33. The third-order valence-corrected chi connectivity index (χ3v) is 5.03. The van der Waals surface area contributed by atoms with Crippen LogP contribution in [0.4, 0.5) is 0 Å². The highest BCUT2D eigenvalue weighted by Gasteiger charge is 2.22. The summed E-state index contributed by atoms with van der Waals surface area (Å²) in [5.74, 6) is 1.04. The van der Waals surface area contributed by atoms with Crippen LogP contribution in [0.2, 0.25) is 10.0 Å². The van der Waals surface area contributed by atoms with E-state index in [2.05, 4.69) is 10.3 Å². The molecule has 0 saturated carbocycles. The number of oxazole rings is 1. The second kappa shape index (κ2) is 8.80. The quantitative estimate of drug-likeness (QED) is 0.535. The first-order valence-electron chi connectivity index (χ1n) is 9.08. The largest absolute Gasteiger partial charge is 0.441 e. The van der Waals surface area contributed by atoms with Gasteiger partial charge in [0, 0.05) is 29.0 Å². The van der Waals surface area contributed by atoms with Crippen molar-refractivity contribution in [1.29, 1.82) is 0 Å². The molecule has 0 bridgehead atoms. The van der Waals surface area contributed by atoms with E-state index in [9.17, 15) is 4.79 Å². The minimum atomic E-state index is -0.415. The Bertz CT molecular complexity index is 966. The van der Waals surface area contributed by atoms with Crippen molar-refractivity contribution in [1.82, 2.24) is 10.3 Å². The van der Waals surface area contributed by atoms with Crippen LogP contribution in [0.15, 0.2) is 59.1 Å². The van der Waals surface area contributed by atoms with Crippen molar-refractivity contribution in [2.24, 2.45) is 0 Å². The number of halogens is 2. The van der Waals surface area contributed by atoms with Crippen LogP contribution in [-0.4, -0.2) is 16.4 Å². The highest BCUT2D eigenvalue weighted by atomic mass is 35.5. The lowest BCUT2D eigenvalue weighted by Gasteiger charge is -2.27. The summed E-state index contributed by atoms with van der Waals surface area (Å²) in [6.45, 7) is 3.96. The maximum atomic E-state index is 12.4. The summed E-state index contributed by atoms with van der Waals surface area (Å²) >= 11 is 12.4. The van der Waals surface area contributed by atoms with Gasteiger partial charge in [-0.3, -0.25) is 4.79 Å². The summed E-state index contributed by atoms with van der Waals surface area (Å²) < 4.78 is 5.75. The molecule has 6 heteroatoms. The molecule has 0 saturated heterocycles. The van der Waals surface area contributed by atoms with Crippen LogP contribution in [0.3, 0.4) is 0 Å². The predicted octanol–water partition coefficient (Wildman–Crippen LogP) is 5.72. The molecule has 0 radical (unpaired) electrons. The molecular formula is C22H22Cl2N2O2. The minimum Gasteiger partial charge on any atom is -0.441 e. The number of amides is 1. The first kappa shape index (κ1) is 20.4. The van der Waals surface area contributed by atoms with E-state index in [1.54, 1.807) is 12.3 Å². The van der Waals surface area contributed by atoms with Crippen LogP contribution in [0.1, 0.15) is 31.7 Å². The topological polar surface area (TPSA) is 55.1 Å². The Balaban J connectivity index is 1.56. The van der Waals surface area contributed by atoms with Gasteiger partial charge in [0.1, 0.15) is 0 Å². The average molecular weight is 417 g/mol. The van der Waals surface area contributed by atoms with E-state index in [4.69, 9.17) is 27.6 Å². The number of aryl methyl sites for hydroxylation is 1. The number of rotatable bonds is 7. The minimum absolute atomic E-state index is 0.0606. The molecule has 1 N–H and O–H groups in total. The SMILES string of the molecule is CC(C)(Cc1ccccc1Cl)NC(=O)CCc1ncc(-c2ccccc2Cl)o1. The van der Waals surface area contributed by atoms with Gasteiger partial charge in [-0.25, -0.2) is 4.98 Å². The smallest absolute Gasteiger partial charge is 0.220 e. The van der Waals surface area contributed by atoms with E-state index in [1.165, 1.54) is 0 Å². The Hall–Kier alpha value is -2.30. The molecule has 0 aliphatic rings. The molecule has 2 aromatic carbocycles. The van der Waals surface area contributed by atoms with Crippen molar-refractivity contribution in [3.63, 3.8) is 0 Å². The van der Waals surface area contributed by atoms with E-state index < -0.39 is 5.54 Å². The van der Waals surface area contributed by atoms with Gasteiger partial charge in [0.05, 0.1) is 11.2 Å². The van der Waals surface area contributed by atoms with Gasteiger partial charge >= 0.3 is 0 Å². The van der Waals surface area contributed by atoms with E-state index in [1.807, 2.05) is 56.3 Å². The molecule has 28 heavy (non-hydrogen) atoms. The van der Waals surface area contributed by atoms with Crippen LogP contribution in [0.5, 0.6) is 0 Å². The fourth-order valence-corrected chi connectivity index (χ4v) is 3.47. The van der Waals surface area contributed by atoms with Gasteiger partial charge in [-0.2, -0.15) is 0 Å². The molecule has 146 valence electrons. The third kappa shape index (κ3) is 5.37. The molecule has 0 spiro atoms. The monoisotopic (exact) mass is 416 g/mol. The lowest BCUT2D eigenvalue weighted by atomic mass is 9.94. The Labute approximate surface area is 174 Å². The van der Waals surface area contributed by atoms with E-state index in [-0.39, 0.29) is 12.3 Å². The number of aromatic nitrogens is 1. The number of benzene rings is 2. The van der Waals surface area contributed by atoms with Gasteiger partial charge in [0.15, 0.2) is 11.7 Å². The Kier molecular flexibility index (Phi) is 6.42. The molecule has 3 rings (SSSR count). The summed E-state index contributed by atoms with van der Waals surface area (Å²) in [5, 5.41) is 4.37. The molecule has 3 aromatic rings. The fraction of sp³-hybridized carbons (Fsp3) is 0.273. The summed E-state index contributed by atoms with van der Waals surface area (Å²) in [7, 11) is 0. The van der Waals surface area contributed by atoms with Gasteiger partial charge in [0.25, 0.3) is 0 Å². The van der Waals surface area contributed by atoms with Gasteiger partial charge in [-0.1, -0.05) is 53.5 Å². The highest BCUT2D eigenvalue weighted by molar-refractivity contribution is 6.33. The summed E-state index contributed by atoms with van der Waals surface area (Å²) in [6, 6.07) is 15.1. The second-order valence-corrected chi connectivity index (χ2v) is 8.11. The fourth-order valence-electron chi connectivity index (χ4n) is 3.03. The highest BCUT2D eigenvalue weighted by Crippen LogP contribution is 2.28. The van der Waals surface area contributed by atoms with Gasteiger partial charge in [-0.05, 0) is 44.0 Å². The van der Waals surface area contributed by atoms with Crippen LogP contribution < -0.4 is 5.32 Å². The summed E-state index contributed by atoms with van der Waals surface area (Å²) in [4.78, 5) is 16.7. The zero-order chi connectivity index (χ0) is 20.1. The molecular weight excluding hydrogens is 395 g/mol. The van der Waals surface area contributed by atoms with Crippen molar-refractivity contribution in [3.05, 3.63) is 76.2 Å². The number of hydrogen-bond donors (Lipinski definition) is 1. The van der Waals surface area contributed by atoms with Crippen molar-refractivity contribution < 1.29 is 9.21 Å². The van der Waals surface area contributed by atoms with Crippen LogP contribution in [-0.2, 0) is 17.6 Å². The van der Waals surface area contributed by atoms with E-state index in [0.29, 0.717) is 34.5 Å². The number of carbonyl (C=O) groups excluding carboxylic acids is 1. The zero-order valence-electron chi connectivity index (χ0n) is 15.8. The molecule has 0 aliphatic heterocycles. The van der Waals surface area contributed by atoms with Crippen molar-refractivity contribution in [2.75, 3.05) is 0 Å². The molecule has 4 nitrogen and oxygen atoms in total. The van der Waals surface area contributed by atoms with Gasteiger partial charge in [0.2, 0.25) is 5.91 Å². The molecule has 0 unspecified atom stereocenters. The lowest BCUT2D eigenvalue weighted by Crippen LogP contribution is -2.45. The number of nitrogens with zero attached hydrogens (tertiary/aromatic N) is 1. The predicted molar refractivity (Wildman–Crippen MR) is 113 cm³/mol. The van der Waals surface area contributed by atoms with Crippen LogP contribution in [0, 0.1) is 0 Å². The zero-order valence-corrected chi connectivity index (χ0v) is 17.3. The maximum Gasteiger partial charge on any atom is 0.220 e. The Morgan fingerprint density at radius 3 is 2.46 bits per heavy atom. The Morgan fingerprint density at radius 2 is 1.75 bits per heavy atom. The normalized spacial score (nSPS) is 11.4. The first-order chi connectivity index (χ1) is 13.3. The number of hydrogen-bond acceptors (Lipinski definition) is 3. The molecule has 0 aliphatic carbocycles. The van der Waals surface area contributed by atoms with Crippen molar-refractivity contribution >= 4 is 29.1 Å². The van der Waals surface area contributed by atoms with Gasteiger partial charge in [-0.15, -0.1) is 0 Å². The summed E-state index contributed by atoms with van der Waals surface area (Å²) in [5.41, 5.74) is 1.38. The molecule has 0 atom stereocenters. The lowest BCUT2D eigenvalue weighted by molar-refractivity contribution is -0.122. The molecule has 1 aromatic heterocycles. The second-order valence-electron chi connectivity index (χ2n) is 7.30. The maximum absolute atomic E-state index is 12.4. The molecule has 1 heterocycles. The molecule has 1 amide bonds. The number of nitrogens with one attached hydrogen (secondary N) is 1. The Morgan fingerprint density at radius 1 is 1.07 bits per heavy atom. The first-order valence-corrected chi connectivity index (χ1v) is 9.84. The standard InChI is InChI=1S/C22H22Cl2N2O2/c1-22(2,13-15-7-3-5-9-17(15)23)26-20(27)11-12-21-25-14-19(28-21)16-8-4-6-10-18(16)24/h3-10,14H,11-13H2,1-2H3,(H,26,27). The van der Waals surface area contributed by atoms with Gasteiger partial charge < -0.3 is 9.73 Å². The van der Waals surface area contributed by atoms with Crippen LogP contribution in [0.25, 0.3) is 11.3 Å². The average Bonchev–Trinajstić information content (AvgIpc) is 3.10. The van der Waals surface area contributed by atoms with E-state index >= 15 is 0 Å². The van der Waals surface area contributed by atoms with Crippen LogP contribution >= 0.6 is 23.2 Å². The van der Waals surface area contributed by atoms with Crippen molar-refractivity contribution in [3.8, 4) is 11.3 Å². The number of carbonyl (C=O) groups is 1. The van der Waals surface area contributed by atoms with E-state index in [0.717, 1.165) is 11.1 Å².